The third kappa shape index (κ3) is 4.72. The Morgan fingerprint density at radius 1 is 1.18 bits per heavy atom. The number of imidazole rings is 1. The molecule has 2 aromatic heterocycles. The van der Waals surface area contributed by atoms with Crippen LogP contribution in [0, 0.1) is 12.8 Å². The molecule has 2 aliphatic rings. The topological polar surface area (TPSA) is 76.5 Å². The number of nitrogens with one attached hydrogen (secondary N) is 1. The van der Waals surface area contributed by atoms with Gasteiger partial charge in [-0.2, -0.15) is 0 Å². The van der Waals surface area contributed by atoms with E-state index in [1.54, 1.807) is 17.7 Å². The first-order valence-electron chi connectivity index (χ1n) is 11.4. The molecule has 0 radical (unpaired) electrons. The zero-order valence-corrected chi connectivity index (χ0v) is 19.5. The number of nitrogens with zero attached hydrogens (tertiary/aromatic N) is 3. The van der Waals surface area contributed by atoms with Crippen LogP contribution in [0.15, 0.2) is 48.1 Å². The molecule has 2 aliphatic heterocycles. The summed E-state index contributed by atoms with van der Waals surface area (Å²) in [4.78, 5) is 33.1. The number of likely N-dealkylation sites (tertiary alicyclic amines) is 1. The maximum absolute atomic E-state index is 13.2. The van der Waals surface area contributed by atoms with Crippen LogP contribution in [0.25, 0.3) is 0 Å². The Labute approximate surface area is 197 Å². The molecule has 8 heteroatoms. The van der Waals surface area contributed by atoms with Crippen molar-refractivity contribution in [3.63, 3.8) is 0 Å². The molecule has 33 heavy (non-hydrogen) atoms. The average Bonchev–Trinajstić information content (AvgIpc) is 3.52. The maximum Gasteiger partial charge on any atom is 0.274 e. The molecule has 1 atom stereocenters. The van der Waals surface area contributed by atoms with Crippen molar-refractivity contribution >= 4 is 23.2 Å². The lowest BCUT2D eigenvalue weighted by Crippen LogP contribution is -2.43. The van der Waals surface area contributed by atoms with E-state index in [1.807, 2.05) is 27.0 Å². The van der Waals surface area contributed by atoms with Crippen LogP contribution in [0.1, 0.15) is 51.1 Å². The number of aryl methyl sites for hydroxylation is 1. The lowest BCUT2D eigenvalue weighted by molar-refractivity contribution is -0.126. The molecule has 1 N–H and O–H groups in total. The van der Waals surface area contributed by atoms with Crippen molar-refractivity contribution in [1.82, 2.24) is 19.8 Å². The van der Waals surface area contributed by atoms with Gasteiger partial charge in [0.15, 0.2) is 5.69 Å². The molecule has 7 nitrogen and oxygen atoms in total. The van der Waals surface area contributed by atoms with Crippen LogP contribution in [-0.2, 0) is 29.2 Å². The highest BCUT2D eigenvalue weighted by Crippen LogP contribution is 2.29. The van der Waals surface area contributed by atoms with Gasteiger partial charge in [-0.3, -0.25) is 9.59 Å². The molecule has 0 saturated carbocycles. The quantitative estimate of drug-likeness (QED) is 0.625. The van der Waals surface area contributed by atoms with E-state index in [0.717, 1.165) is 16.1 Å². The highest BCUT2D eigenvalue weighted by Gasteiger charge is 2.32. The Balaban J connectivity index is 1.17. The van der Waals surface area contributed by atoms with Gasteiger partial charge >= 0.3 is 0 Å². The molecular weight excluding hydrogens is 436 g/mol. The van der Waals surface area contributed by atoms with Gasteiger partial charge < -0.3 is 19.5 Å². The number of carbonyl (C=O) groups excluding carboxylic acids is 2. The largest absolute Gasteiger partial charge is 0.365 e. The van der Waals surface area contributed by atoms with Crippen LogP contribution in [0.3, 0.4) is 0 Å². The molecule has 1 saturated heterocycles. The first kappa shape index (κ1) is 21.9. The minimum Gasteiger partial charge on any atom is -0.365 e. The van der Waals surface area contributed by atoms with Gasteiger partial charge in [0, 0.05) is 23.9 Å². The van der Waals surface area contributed by atoms with Crippen LogP contribution >= 0.6 is 11.3 Å². The van der Waals surface area contributed by atoms with Gasteiger partial charge in [0.25, 0.3) is 5.91 Å². The highest BCUT2D eigenvalue weighted by atomic mass is 32.1. The van der Waals surface area contributed by atoms with Crippen molar-refractivity contribution in [3.8, 4) is 0 Å². The summed E-state index contributed by atoms with van der Waals surface area (Å²) in [7, 11) is 0. The summed E-state index contributed by atoms with van der Waals surface area (Å²) >= 11 is 1.64. The van der Waals surface area contributed by atoms with Crippen molar-refractivity contribution in [1.29, 1.82) is 0 Å². The average molecular weight is 465 g/mol. The number of fused-ring (bicyclic) bond motifs is 1. The fourth-order valence-electron chi connectivity index (χ4n) is 4.51. The van der Waals surface area contributed by atoms with Crippen molar-refractivity contribution in [2.24, 2.45) is 5.92 Å². The number of thiophene rings is 1. The van der Waals surface area contributed by atoms with E-state index < -0.39 is 0 Å². The van der Waals surface area contributed by atoms with E-state index in [2.05, 4.69) is 41.5 Å². The Bertz CT molecular complexity index is 1120. The minimum atomic E-state index is -0.0708. The Morgan fingerprint density at radius 2 is 1.97 bits per heavy atom. The monoisotopic (exact) mass is 464 g/mol. The summed E-state index contributed by atoms with van der Waals surface area (Å²) in [5, 5.41) is 5.03. The van der Waals surface area contributed by atoms with E-state index in [-0.39, 0.29) is 23.8 Å². The Hall–Kier alpha value is -2.97. The van der Waals surface area contributed by atoms with E-state index in [1.165, 1.54) is 5.56 Å². The minimum absolute atomic E-state index is 0.0429. The molecular formula is C25H28N4O3S. The Kier molecular flexibility index (Phi) is 6.28. The normalized spacial score (nSPS) is 18.7. The molecule has 0 spiro atoms. The molecule has 172 valence electrons. The highest BCUT2D eigenvalue weighted by molar-refractivity contribution is 7.09. The molecule has 0 unspecified atom stereocenters. The van der Waals surface area contributed by atoms with Gasteiger partial charge in [0.2, 0.25) is 5.91 Å². The zero-order chi connectivity index (χ0) is 22.8. The fourth-order valence-corrected chi connectivity index (χ4v) is 5.16. The molecule has 0 bridgehead atoms. The number of aromatic nitrogens is 2. The summed E-state index contributed by atoms with van der Waals surface area (Å²) < 4.78 is 8.12. The predicted molar refractivity (Wildman–Crippen MR) is 126 cm³/mol. The van der Waals surface area contributed by atoms with Gasteiger partial charge in [-0.05, 0) is 36.8 Å². The van der Waals surface area contributed by atoms with Crippen LogP contribution in [0.2, 0.25) is 0 Å². The van der Waals surface area contributed by atoms with Crippen LogP contribution in [0.4, 0.5) is 0 Å². The molecule has 1 aromatic carbocycles. The van der Waals surface area contributed by atoms with Crippen molar-refractivity contribution in [2.45, 2.75) is 45.6 Å². The number of benzene rings is 1. The summed E-state index contributed by atoms with van der Waals surface area (Å²) in [5.74, 6) is -0.0486. The van der Waals surface area contributed by atoms with Crippen molar-refractivity contribution in [3.05, 3.63) is 75.5 Å². The third-order valence-electron chi connectivity index (χ3n) is 6.55. The van der Waals surface area contributed by atoms with Gasteiger partial charge in [0.1, 0.15) is 6.10 Å². The maximum atomic E-state index is 13.2. The van der Waals surface area contributed by atoms with E-state index in [4.69, 9.17) is 4.74 Å². The first-order valence-corrected chi connectivity index (χ1v) is 12.3. The van der Waals surface area contributed by atoms with Crippen molar-refractivity contribution < 1.29 is 14.3 Å². The number of hydrogen-bond donors (Lipinski definition) is 1. The molecule has 5 rings (SSSR count). The molecule has 0 aliphatic carbocycles. The SMILES string of the molecule is Cc1ccc([C@H]2Cn3cnc(C(=O)N4CCC(C(=O)NCc5cccs5)CC4)c3CO2)cc1. The number of hydrogen-bond acceptors (Lipinski definition) is 5. The summed E-state index contributed by atoms with van der Waals surface area (Å²) in [5.41, 5.74) is 3.65. The number of ether oxygens (including phenoxy) is 1. The second-order valence-electron chi connectivity index (χ2n) is 8.77. The number of amides is 2. The standard InChI is InChI=1S/C25H28N4O3S/c1-17-4-6-18(7-5-17)22-14-29-16-27-23(21(29)15-32-22)25(31)28-10-8-19(9-11-28)24(30)26-13-20-3-2-12-33-20/h2-7,12,16,19,22H,8-11,13-15H2,1H3,(H,26,30)/t22-/m1/s1. The lowest BCUT2D eigenvalue weighted by atomic mass is 9.95. The Morgan fingerprint density at radius 3 is 2.70 bits per heavy atom. The van der Waals surface area contributed by atoms with Gasteiger partial charge in [-0.1, -0.05) is 35.9 Å². The number of piperidine rings is 1. The van der Waals surface area contributed by atoms with E-state index in [0.29, 0.717) is 51.3 Å². The third-order valence-corrected chi connectivity index (χ3v) is 7.43. The van der Waals surface area contributed by atoms with Crippen LogP contribution in [0.5, 0.6) is 0 Å². The number of carbonyl (C=O) groups is 2. The molecule has 4 heterocycles. The molecule has 2 amide bonds. The summed E-state index contributed by atoms with van der Waals surface area (Å²) in [6.07, 6.45) is 3.05. The summed E-state index contributed by atoms with van der Waals surface area (Å²) in [6.45, 7) is 4.77. The fraction of sp³-hybridized carbons (Fsp3) is 0.400. The van der Waals surface area contributed by atoms with Gasteiger partial charge in [-0.15, -0.1) is 11.3 Å². The van der Waals surface area contributed by atoms with E-state index >= 15 is 0 Å². The van der Waals surface area contributed by atoms with Crippen molar-refractivity contribution in [2.75, 3.05) is 13.1 Å². The second kappa shape index (κ2) is 9.49. The zero-order valence-electron chi connectivity index (χ0n) is 18.7. The van der Waals surface area contributed by atoms with Crippen LogP contribution in [-0.4, -0.2) is 39.4 Å². The van der Waals surface area contributed by atoms with Gasteiger partial charge in [-0.25, -0.2) is 4.98 Å². The summed E-state index contributed by atoms with van der Waals surface area (Å²) in [6, 6.07) is 12.4. The molecule has 3 aromatic rings. The number of rotatable bonds is 5. The first-order chi connectivity index (χ1) is 16.1. The predicted octanol–water partition coefficient (Wildman–Crippen LogP) is 3.69. The smallest absolute Gasteiger partial charge is 0.274 e. The van der Waals surface area contributed by atoms with E-state index in [9.17, 15) is 9.59 Å². The molecule has 1 fully saturated rings. The second-order valence-corrected chi connectivity index (χ2v) is 9.80. The lowest BCUT2D eigenvalue weighted by Gasteiger charge is -2.31. The van der Waals surface area contributed by atoms with Gasteiger partial charge in [0.05, 0.1) is 31.7 Å². The van der Waals surface area contributed by atoms with Crippen LogP contribution < -0.4 is 5.32 Å².